The quantitative estimate of drug-likeness (QED) is 0.588. The number of carbonyl (C=O) groups excluding carboxylic acids is 2. The Labute approximate surface area is 57.6 Å². The van der Waals surface area contributed by atoms with Crippen molar-refractivity contribution < 1.29 is 14.0 Å². The molecular weight excluding hydrogens is 139 g/mol. The summed E-state index contributed by atoms with van der Waals surface area (Å²) in [6.45, 7) is -0.563. The Kier molecular flexibility index (Phi) is 4.19. The summed E-state index contributed by atoms with van der Waals surface area (Å²) >= 11 is 0. The predicted octanol–water partition coefficient (Wildman–Crippen LogP) is -0.0690. The molecule has 0 heterocycles. The highest BCUT2D eigenvalue weighted by molar-refractivity contribution is 5.93. The van der Waals surface area contributed by atoms with Crippen molar-refractivity contribution >= 4 is 11.9 Å². The second-order valence-corrected chi connectivity index (χ2v) is 1.70. The monoisotopic (exact) mass is 148 g/mol. The van der Waals surface area contributed by atoms with E-state index < -0.39 is 18.6 Å². The molecule has 0 aromatic rings. The fraction of sp³-hybridized carbons (Fsp3) is 0.600. The van der Waals surface area contributed by atoms with Crippen LogP contribution in [0.25, 0.3) is 0 Å². The second kappa shape index (κ2) is 4.72. The van der Waals surface area contributed by atoms with Crippen LogP contribution < -0.4 is 11.1 Å². The van der Waals surface area contributed by atoms with Crippen molar-refractivity contribution in [3.8, 4) is 0 Å². The highest BCUT2D eigenvalue weighted by Crippen LogP contribution is 1.87. The molecule has 0 rings (SSSR count). The third kappa shape index (κ3) is 5.02. The van der Waals surface area contributed by atoms with Gasteiger partial charge < -0.3 is 5.73 Å². The Morgan fingerprint density at radius 3 is 2.50 bits per heavy atom. The molecule has 0 aliphatic carbocycles. The van der Waals surface area contributed by atoms with Gasteiger partial charge in [0.1, 0.15) is 0 Å². The van der Waals surface area contributed by atoms with E-state index in [4.69, 9.17) is 0 Å². The number of imide groups is 1. The highest BCUT2D eigenvalue weighted by Gasteiger charge is 2.01. The van der Waals surface area contributed by atoms with Crippen molar-refractivity contribution in [2.45, 2.75) is 12.8 Å². The normalized spacial score (nSPS) is 8.90. The summed E-state index contributed by atoms with van der Waals surface area (Å²) in [4.78, 5) is 20.4. The number of primary amides is 1. The lowest BCUT2D eigenvalue weighted by Crippen LogP contribution is -2.34. The zero-order valence-corrected chi connectivity index (χ0v) is 5.39. The molecule has 3 amide bonds. The number of alkyl halides is 1. The van der Waals surface area contributed by atoms with E-state index >= 15 is 0 Å². The molecule has 0 aliphatic heterocycles. The van der Waals surface area contributed by atoms with Crippen LogP contribution in [0.3, 0.4) is 0 Å². The van der Waals surface area contributed by atoms with Gasteiger partial charge in [0, 0.05) is 6.42 Å². The lowest BCUT2D eigenvalue weighted by atomic mass is 10.3. The maximum absolute atomic E-state index is 11.4. The topological polar surface area (TPSA) is 72.2 Å². The van der Waals surface area contributed by atoms with Crippen molar-refractivity contribution in [2.75, 3.05) is 6.67 Å². The maximum atomic E-state index is 11.4. The summed E-state index contributed by atoms with van der Waals surface area (Å²) in [6.07, 6.45) is 0.124. The van der Waals surface area contributed by atoms with Gasteiger partial charge in [-0.1, -0.05) is 0 Å². The number of urea groups is 1. The number of nitrogens with one attached hydrogen (secondary N) is 1. The third-order valence-electron chi connectivity index (χ3n) is 0.800. The molecule has 3 N–H and O–H groups in total. The van der Waals surface area contributed by atoms with Crippen molar-refractivity contribution in [2.24, 2.45) is 5.73 Å². The molecule has 0 saturated carbocycles. The summed E-state index contributed by atoms with van der Waals surface area (Å²) in [5.41, 5.74) is 4.60. The van der Waals surface area contributed by atoms with E-state index in [1.165, 1.54) is 0 Å². The maximum Gasteiger partial charge on any atom is 0.318 e. The zero-order chi connectivity index (χ0) is 7.98. The minimum Gasteiger partial charge on any atom is -0.351 e. The fourth-order valence-electron chi connectivity index (χ4n) is 0.427. The number of halogens is 1. The van der Waals surface area contributed by atoms with E-state index in [1.54, 1.807) is 0 Å². The molecule has 0 bridgehead atoms. The number of carbonyl (C=O) groups is 2. The van der Waals surface area contributed by atoms with E-state index in [-0.39, 0.29) is 12.8 Å². The predicted molar refractivity (Wildman–Crippen MR) is 32.9 cm³/mol. The molecule has 0 spiro atoms. The summed E-state index contributed by atoms with van der Waals surface area (Å²) in [6, 6.07) is -0.899. The van der Waals surface area contributed by atoms with E-state index in [9.17, 15) is 14.0 Å². The molecule has 0 aromatic heterocycles. The van der Waals surface area contributed by atoms with E-state index in [0.717, 1.165) is 0 Å². The summed E-state index contributed by atoms with van der Waals surface area (Å²) in [5, 5.41) is 1.81. The van der Waals surface area contributed by atoms with Gasteiger partial charge in [0.2, 0.25) is 5.91 Å². The van der Waals surface area contributed by atoms with Crippen LogP contribution in [0.2, 0.25) is 0 Å². The number of nitrogens with two attached hydrogens (primary N) is 1. The average molecular weight is 148 g/mol. The van der Waals surface area contributed by atoms with Crippen LogP contribution in [0.1, 0.15) is 12.8 Å². The average Bonchev–Trinajstić information content (AvgIpc) is 1.82. The van der Waals surface area contributed by atoms with Crippen LogP contribution in [-0.4, -0.2) is 18.6 Å². The second-order valence-electron chi connectivity index (χ2n) is 1.70. The number of rotatable bonds is 3. The standard InChI is InChI=1S/C5H9FN2O2/c6-3-1-2-4(9)8-5(7)10/h1-3H2,(H3,7,8,9,10). The Morgan fingerprint density at radius 2 is 2.10 bits per heavy atom. The Balaban J connectivity index is 3.35. The van der Waals surface area contributed by atoms with Gasteiger partial charge in [-0.2, -0.15) is 0 Å². The van der Waals surface area contributed by atoms with E-state index in [2.05, 4.69) is 5.73 Å². The molecule has 5 heteroatoms. The molecule has 10 heavy (non-hydrogen) atoms. The smallest absolute Gasteiger partial charge is 0.318 e. The van der Waals surface area contributed by atoms with E-state index in [0.29, 0.717) is 0 Å². The van der Waals surface area contributed by atoms with Crippen LogP contribution in [0.15, 0.2) is 0 Å². The van der Waals surface area contributed by atoms with Gasteiger partial charge in [-0.3, -0.25) is 14.5 Å². The van der Waals surface area contributed by atoms with Gasteiger partial charge in [-0.05, 0) is 6.42 Å². The first-order valence-electron chi connectivity index (χ1n) is 2.82. The number of amides is 3. The molecule has 0 atom stereocenters. The number of hydrogen-bond donors (Lipinski definition) is 2. The van der Waals surface area contributed by atoms with Gasteiger partial charge in [-0.25, -0.2) is 4.79 Å². The van der Waals surface area contributed by atoms with Crippen LogP contribution in [0.4, 0.5) is 9.18 Å². The fourth-order valence-corrected chi connectivity index (χ4v) is 0.427. The first-order valence-corrected chi connectivity index (χ1v) is 2.82. The molecule has 0 aliphatic rings. The van der Waals surface area contributed by atoms with Gasteiger partial charge in [0.15, 0.2) is 0 Å². The Morgan fingerprint density at radius 1 is 1.50 bits per heavy atom. The number of hydrogen-bond acceptors (Lipinski definition) is 2. The van der Waals surface area contributed by atoms with Crippen molar-refractivity contribution in [1.29, 1.82) is 0 Å². The summed E-state index contributed by atoms with van der Waals surface area (Å²) < 4.78 is 11.4. The van der Waals surface area contributed by atoms with Crippen molar-refractivity contribution in [3.63, 3.8) is 0 Å². The van der Waals surface area contributed by atoms with Gasteiger partial charge in [-0.15, -0.1) is 0 Å². The molecule has 0 fully saturated rings. The zero-order valence-electron chi connectivity index (χ0n) is 5.39. The first kappa shape index (κ1) is 8.87. The molecule has 0 radical (unpaired) electrons. The minimum absolute atomic E-state index is 0.000556. The molecule has 0 unspecified atom stereocenters. The summed E-state index contributed by atoms with van der Waals surface area (Å²) in [5.74, 6) is -0.537. The van der Waals surface area contributed by atoms with Crippen LogP contribution >= 0.6 is 0 Å². The summed E-state index contributed by atoms with van der Waals surface area (Å²) in [7, 11) is 0. The first-order chi connectivity index (χ1) is 4.66. The molecule has 0 aromatic carbocycles. The molecule has 4 nitrogen and oxygen atoms in total. The minimum atomic E-state index is -0.899. The van der Waals surface area contributed by atoms with Crippen LogP contribution in [0.5, 0.6) is 0 Å². The molecule has 58 valence electrons. The third-order valence-corrected chi connectivity index (χ3v) is 0.800. The lowest BCUT2D eigenvalue weighted by Gasteiger charge is -1.96. The van der Waals surface area contributed by atoms with Gasteiger partial charge >= 0.3 is 6.03 Å². The lowest BCUT2D eigenvalue weighted by molar-refractivity contribution is -0.120. The molecule has 0 saturated heterocycles. The Hall–Kier alpha value is -1.13. The van der Waals surface area contributed by atoms with Crippen molar-refractivity contribution in [3.05, 3.63) is 0 Å². The SMILES string of the molecule is NC(=O)NC(=O)CCCF. The van der Waals surface area contributed by atoms with Crippen molar-refractivity contribution in [1.82, 2.24) is 5.32 Å². The van der Waals surface area contributed by atoms with E-state index in [1.807, 2.05) is 5.32 Å². The van der Waals surface area contributed by atoms with Crippen LogP contribution in [-0.2, 0) is 4.79 Å². The van der Waals surface area contributed by atoms with Crippen LogP contribution in [0, 0.1) is 0 Å². The van der Waals surface area contributed by atoms with Gasteiger partial charge in [0.05, 0.1) is 6.67 Å². The Bertz CT molecular complexity index is 138. The highest BCUT2D eigenvalue weighted by atomic mass is 19.1. The molecular formula is C5H9FN2O2. The largest absolute Gasteiger partial charge is 0.351 e. The van der Waals surface area contributed by atoms with Gasteiger partial charge in [0.25, 0.3) is 0 Å².